The van der Waals surface area contributed by atoms with E-state index in [9.17, 15) is 0 Å². The molecule has 1 aliphatic rings. The second-order valence-corrected chi connectivity index (χ2v) is 3.98. The molecule has 1 saturated heterocycles. The van der Waals surface area contributed by atoms with Crippen LogP contribution >= 0.6 is 12.4 Å². The third kappa shape index (κ3) is 2.68. The summed E-state index contributed by atoms with van der Waals surface area (Å²) in [6.45, 7) is 2.03. The molecule has 92 valence electrons. The Balaban J connectivity index is 0.00000108. The number of hydrogen-bond donors (Lipinski definition) is 2. The van der Waals surface area contributed by atoms with Crippen molar-refractivity contribution in [2.45, 2.75) is 18.9 Å². The summed E-state index contributed by atoms with van der Waals surface area (Å²) in [4.78, 5) is 11.6. The van der Waals surface area contributed by atoms with Crippen molar-refractivity contribution in [2.24, 2.45) is 0 Å². The highest BCUT2D eigenvalue weighted by Crippen LogP contribution is 2.16. The highest BCUT2D eigenvalue weighted by Gasteiger charge is 2.16. The molecule has 0 aliphatic carbocycles. The fraction of sp³-hybridized carbons (Fsp3) is 0.455. The topological polar surface area (TPSA) is 62.8 Å². The lowest BCUT2D eigenvalue weighted by atomic mass is 10.1. The minimum Gasteiger partial charge on any atom is -0.461 e. The minimum absolute atomic E-state index is 0. The van der Waals surface area contributed by atoms with E-state index >= 15 is 0 Å². The number of pyridine rings is 1. The van der Waals surface area contributed by atoms with Crippen molar-refractivity contribution in [3.8, 4) is 6.01 Å². The molecule has 3 rings (SSSR count). The largest absolute Gasteiger partial charge is 0.461 e. The number of nitrogens with one attached hydrogen (secondary N) is 2. The van der Waals surface area contributed by atoms with Crippen LogP contribution in [0.25, 0.3) is 11.2 Å². The minimum atomic E-state index is 0. The monoisotopic (exact) mass is 254 g/mol. The molecule has 0 unspecified atom stereocenters. The number of aromatic nitrogens is 3. The fourth-order valence-electron chi connectivity index (χ4n) is 1.95. The van der Waals surface area contributed by atoms with Gasteiger partial charge < -0.3 is 15.0 Å². The van der Waals surface area contributed by atoms with Gasteiger partial charge in [-0.15, -0.1) is 12.4 Å². The Morgan fingerprint density at radius 1 is 1.29 bits per heavy atom. The molecule has 17 heavy (non-hydrogen) atoms. The van der Waals surface area contributed by atoms with Crippen LogP contribution in [0.1, 0.15) is 12.8 Å². The lowest BCUT2D eigenvalue weighted by Gasteiger charge is -2.22. The molecule has 2 N–H and O–H groups in total. The fourth-order valence-corrected chi connectivity index (χ4v) is 1.95. The Hall–Kier alpha value is -1.33. The molecule has 0 saturated carbocycles. The molecule has 6 heteroatoms. The first kappa shape index (κ1) is 12.1. The predicted octanol–water partition coefficient (Wildman–Crippen LogP) is 1.51. The second kappa shape index (κ2) is 5.33. The number of hydrogen-bond acceptors (Lipinski definition) is 4. The van der Waals surface area contributed by atoms with Crippen molar-refractivity contribution >= 4 is 23.6 Å². The zero-order chi connectivity index (χ0) is 10.8. The Morgan fingerprint density at radius 2 is 2.12 bits per heavy atom. The molecule has 0 atom stereocenters. The second-order valence-electron chi connectivity index (χ2n) is 3.98. The zero-order valence-electron chi connectivity index (χ0n) is 9.35. The lowest BCUT2D eigenvalue weighted by Crippen LogP contribution is -2.34. The Kier molecular flexibility index (Phi) is 3.81. The number of piperidine rings is 1. The van der Waals surface area contributed by atoms with Gasteiger partial charge in [0.1, 0.15) is 6.10 Å². The number of halogens is 1. The van der Waals surface area contributed by atoms with E-state index in [1.165, 1.54) is 0 Å². The molecular weight excluding hydrogens is 240 g/mol. The van der Waals surface area contributed by atoms with E-state index in [0.29, 0.717) is 11.7 Å². The van der Waals surface area contributed by atoms with Crippen LogP contribution < -0.4 is 10.1 Å². The van der Waals surface area contributed by atoms with Crippen LogP contribution in [0.3, 0.4) is 0 Å². The molecule has 1 fully saturated rings. The summed E-state index contributed by atoms with van der Waals surface area (Å²) in [5, 5.41) is 3.30. The molecule has 3 heterocycles. The summed E-state index contributed by atoms with van der Waals surface area (Å²) in [6, 6.07) is 4.42. The summed E-state index contributed by atoms with van der Waals surface area (Å²) in [5.74, 6) is 0. The molecule has 0 aromatic carbocycles. The Morgan fingerprint density at radius 3 is 2.88 bits per heavy atom. The van der Waals surface area contributed by atoms with Crippen molar-refractivity contribution in [1.29, 1.82) is 0 Å². The molecule has 0 spiro atoms. The molecule has 0 radical (unpaired) electrons. The SMILES string of the molecule is Cl.c1cnc2nc(OC3CCNCC3)[nH]c2c1. The summed E-state index contributed by atoms with van der Waals surface area (Å²) >= 11 is 0. The van der Waals surface area contributed by atoms with Crippen LogP contribution in [-0.4, -0.2) is 34.1 Å². The van der Waals surface area contributed by atoms with Gasteiger partial charge >= 0.3 is 0 Å². The van der Waals surface area contributed by atoms with Crippen LogP contribution in [0.15, 0.2) is 18.3 Å². The van der Waals surface area contributed by atoms with E-state index in [1.807, 2.05) is 12.1 Å². The highest BCUT2D eigenvalue weighted by atomic mass is 35.5. The summed E-state index contributed by atoms with van der Waals surface area (Å²) in [5.41, 5.74) is 1.64. The van der Waals surface area contributed by atoms with E-state index in [1.54, 1.807) is 6.20 Å². The van der Waals surface area contributed by atoms with Crippen molar-refractivity contribution in [3.05, 3.63) is 18.3 Å². The van der Waals surface area contributed by atoms with Crippen LogP contribution in [0.5, 0.6) is 6.01 Å². The Labute approximate surface area is 105 Å². The number of aromatic amines is 1. The summed E-state index contributed by atoms with van der Waals surface area (Å²) in [7, 11) is 0. The first-order valence-electron chi connectivity index (χ1n) is 5.60. The van der Waals surface area contributed by atoms with Gasteiger partial charge in [0.2, 0.25) is 0 Å². The number of ether oxygens (including phenoxy) is 1. The van der Waals surface area contributed by atoms with E-state index in [2.05, 4.69) is 20.3 Å². The van der Waals surface area contributed by atoms with E-state index in [0.717, 1.165) is 31.4 Å². The normalized spacial score (nSPS) is 16.7. The maximum atomic E-state index is 5.79. The number of H-pyrrole nitrogens is 1. The van der Waals surface area contributed by atoms with Gasteiger partial charge in [0.05, 0.1) is 5.52 Å². The average molecular weight is 255 g/mol. The van der Waals surface area contributed by atoms with Crippen LogP contribution in [-0.2, 0) is 0 Å². The van der Waals surface area contributed by atoms with E-state index < -0.39 is 0 Å². The first-order valence-corrected chi connectivity index (χ1v) is 5.60. The standard InChI is InChI=1S/C11H14N4O.ClH/c1-2-9-10(13-5-1)15-11(14-9)16-8-3-6-12-7-4-8;/h1-2,5,8,12H,3-4,6-7H2,(H,13,14,15);1H. The van der Waals surface area contributed by atoms with Gasteiger partial charge in [0.25, 0.3) is 6.01 Å². The van der Waals surface area contributed by atoms with Gasteiger partial charge in [0.15, 0.2) is 5.65 Å². The quantitative estimate of drug-likeness (QED) is 0.853. The van der Waals surface area contributed by atoms with Gasteiger partial charge in [-0.3, -0.25) is 0 Å². The molecular formula is C11H15ClN4O. The maximum Gasteiger partial charge on any atom is 0.296 e. The summed E-state index contributed by atoms with van der Waals surface area (Å²) < 4.78 is 5.79. The molecule has 5 nitrogen and oxygen atoms in total. The van der Waals surface area contributed by atoms with E-state index in [-0.39, 0.29) is 18.5 Å². The van der Waals surface area contributed by atoms with Gasteiger partial charge in [-0.1, -0.05) is 0 Å². The molecule has 0 amide bonds. The van der Waals surface area contributed by atoms with Crippen LogP contribution in [0, 0.1) is 0 Å². The van der Waals surface area contributed by atoms with Crippen molar-refractivity contribution in [2.75, 3.05) is 13.1 Å². The third-order valence-electron chi connectivity index (χ3n) is 2.80. The average Bonchev–Trinajstić information content (AvgIpc) is 2.72. The lowest BCUT2D eigenvalue weighted by molar-refractivity contribution is 0.151. The van der Waals surface area contributed by atoms with Crippen LogP contribution in [0.2, 0.25) is 0 Å². The zero-order valence-corrected chi connectivity index (χ0v) is 10.2. The van der Waals surface area contributed by atoms with Crippen LogP contribution in [0.4, 0.5) is 0 Å². The smallest absolute Gasteiger partial charge is 0.296 e. The van der Waals surface area contributed by atoms with Gasteiger partial charge in [-0.25, -0.2) is 4.98 Å². The van der Waals surface area contributed by atoms with Gasteiger partial charge in [-0.2, -0.15) is 4.98 Å². The number of fused-ring (bicyclic) bond motifs is 1. The van der Waals surface area contributed by atoms with Gasteiger partial charge in [0, 0.05) is 6.20 Å². The third-order valence-corrected chi connectivity index (χ3v) is 2.80. The summed E-state index contributed by atoms with van der Waals surface area (Å²) in [6.07, 6.45) is 4.06. The highest BCUT2D eigenvalue weighted by molar-refractivity contribution is 5.85. The van der Waals surface area contributed by atoms with Crippen molar-refractivity contribution in [3.63, 3.8) is 0 Å². The number of nitrogens with zero attached hydrogens (tertiary/aromatic N) is 2. The predicted molar refractivity (Wildman–Crippen MR) is 67.7 cm³/mol. The van der Waals surface area contributed by atoms with Crippen molar-refractivity contribution < 1.29 is 4.74 Å². The van der Waals surface area contributed by atoms with Crippen molar-refractivity contribution in [1.82, 2.24) is 20.3 Å². The molecule has 2 aromatic heterocycles. The first-order chi connectivity index (χ1) is 7.92. The molecule has 1 aliphatic heterocycles. The Bertz CT molecular complexity index is 448. The maximum absolute atomic E-state index is 5.79. The van der Waals surface area contributed by atoms with E-state index in [4.69, 9.17) is 4.74 Å². The molecule has 0 bridgehead atoms. The number of imidazole rings is 1. The van der Waals surface area contributed by atoms with Gasteiger partial charge in [-0.05, 0) is 38.1 Å². The number of rotatable bonds is 2. The molecule has 2 aromatic rings.